The maximum Gasteiger partial charge on any atom is 0.167 e. The molecule has 0 atom stereocenters. The van der Waals surface area contributed by atoms with Crippen molar-refractivity contribution in [2.75, 3.05) is 7.11 Å². The van der Waals surface area contributed by atoms with Crippen molar-refractivity contribution in [2.24, 2.45) is 0 Å². The molecule has 0 bridgehead atoms. The number of aliphatic hydroxyl groups excluding tert-OH is 1. The van der Waals surface area contributed by atoms with Gasteiger partial charge in [0.15, 0.2) is 5.78 Å². The Kier molecular flexibility index (Phi) is 7.27. The number of ketones is 1. The van der Waals surface area contributed by atoms with Gasteiger partial charge in [-0.05, 0) is 60.6 Å². The van der Waals surface area contributed by atoms with E-state index in [-0.39, 0.29) is 11.5 Å². The largest absolute Gasteiger partial charge is 0.506 e. The number of carbonyl (C=O) groups is 1. The maximum atomic E-state index is 13.7. The fourth-order valence-corrected chi connectivity index (χ4v) is 5.38. The van der Waals surface area contributed by atoms with Gasteiger partial charge in [0.1, 0.15) is 11.5 Å². The lowest BCUT2D eigenvalue weighted by atomic mass is 9.82. The standard InChI is InChI=1S/C33H33NO3/c1-3-24-13-7-10-16-30(35)32(31(24)25-17-19-26(37-2)20-18-25)33(36)28-22-34(21-23-11-5-4-6-12-23)29-15-9-8-14-27(28)29/h4-6,8-9,11-12,14-15,17-20,22,36H,3,7,10,13,16,21H2,1-2H3. The van der Waals surface area contributed by atoms with E-state index in [0.29, 0.717) is 24.1 Å². The molecule has 4 heteroatoms. The number of aromatic nitrogens is 1. The molecule has 1 heterocycles. The zero-order valence-corrected chi connectivity index (χ0v) is 21.5. The second-order valence-corrected chi connectivity index (χ2v) is 9.59. The van der Waals surface area contributed by atoms with E-state index in [9.17, 15) is 9.90 Å². The number of fused-ring (bicyclic) bond motifs is 1. The average Bonchev–Trinajstić information content (AvgIpc) is 3.29. The smallest absolute Gasteiger partial charge is 0.167 e. The number of para-hydroxylation sites is 1. The van der Waals surface area contributed by atoms with E-state index in [1.807, 2.05) is 66.9 Å². The van der Waals surface area contributed by atoms with Crippen molar-refractivity contribution in [3.05, 3.63) is 113 Å². The van der Waals surface area contributed by atoms with E-state index >= 15 is 0 Å². The zero-order chi connectivity index (χ0) is 25.8. The van der Waals surface area contributed by atoms with Crippen LogP contribution in [0.2, 0.25) is 0 Å². The predicted octanol–water partition coefficient (Wildman–Crippen LogP) is 7.97. The summed E-state index contributed by atoms with van der Waals surface area (Å²) < 4.78 is 7.53. The van der Waals surface area contributed by atoms with Crippen molar-refractivity contribution < 1.29 is 14.6 Å². The van der Waals surface area contributed by atoms with Crippen molar-refractivity contribution in [1.82, 2.24) is 4.57 Å². The van der Waals surface area contributed by atoms with Crippen molar-refractivity contribution in [3.8, 4) is 5.75 Å². The van der Waals surface area contributed by atoms with E-state index in [2.05, 4.69) is 29.7 Å². The van der Waals surface area contributed by atoms with Crippen LogP contribution in [-0.4, -0.2) is 22.6 Å². The highest BCUT2D eigenvalue weighted by Gasteiger charge is 2.27. The summed E-state index contributed by atoms with van der Waals surface area (Å²) in [5.41, 5.74) is 6.33. The number of hydrogen-bond donors (Lipinski definition) is 1. The Hall–Kier alpha value is -4.05. The van der Waals surface area contributed by atoms with Crippen molar-refractivity contribution in [1.29, 1.82) is 0 Å². The number of rotatable bonds is 6. The first-order valence-electron chi connectivity index (χ1n) is 13.1. The Labute approximate surface area is 218 Å². The molecule has 0 aliphatic heterocycles. The normalized spacial score (nSPS) is 16.0. The molecule has 0 saturated carbocycles. The van der Waals surface area contributed by atoms with Gasteiger partial charge >= 0.3 is 0 Å². The molecule has 1 N–H and O–H groups in total. The van der Waals surface area contributed by atoms with E-state index in [0.717, 1.165) is 53.5 Å². The number of hydrogen-bond acceptors (Lipinski definition) is 3. The molecule has 3 aromatic carbocycles. The van der Waals surface area contributed by atoms with Gasteiger partial charge < -0.3 is 14.4 Å². The third-order valence-electron chi connectivity index (χ3n) is 7.30. The monoisotopic (exact) mass is 491 g/mol. The molecule has 37 heavy (non-hydrogen) atoms. The SMILES string of the molecule is CCC1=C(c2ccc(OC)cc2)C(=C(O)c2cn(Cc3ccccc3)c3ccccc23)C(=O)CCCC1. The first-order chi connectivity index (χ1) is 18.1. The maximum absolute atomic E-state index is 13.7. The molecule has 0 fully saturated rings. The average molecular weight is 492 g/mol. The summed E-state index contributed by atoms with van der Waals surface area (Å²) in [6.45, 7) is 2.81. The van der Waals surface area contributed by atoms with Crippen LogP contribution in [0.15, 0.2) is 96.2 Å². The summed E-state index contributed by atoms with van der Waals surface area (Å²) in [5, 5.41) is 12.9. The number of Topliss-reactive ketones (excluding diaryl/α,β-unsaturated/α-hetero) is 1. The highest BCUT2D eigenvalue weighted by Crippen LogP contribution is 2.40. The van der Waals surface area contributed by atoms with Gasteiger partial charge in [-0.3, -0.25) is 4.79 Å². The molecule has 0 saturated heterocycles. The molecule has 1 aromatic heterocycles. The molecular weight excluding hydrogens is 458 g/mol. The lowest BCUT2D eigenvalue weighted by Gasteiger charge is -2.22. The van der Waals surface area contributed by atoms with Gasteiger partial charge in [-0.1, -0.05) is 73.2 Å². The summed E-state index contributed by atoms with van der Waals surface area (Å²) >= 11 is 0. The van der Waals surface area contributed by atoms with Gasteiger partial charge in [0.25, 0.3) is 0 Å². The second kappa shape index (κ2) is 10.9. The third kappa shape index (κ3) is 4.97. The lowest BCUT2D eigenvalue weighted by Crippen LogP contribution is -2.12. The Morgan fingerprint density at radius 3 is 2.35 bits per heavy atom. The summed E-state index contributed by atoms with van der Waals surface area (Å²) in [6, 6.07) is 26.2. The third-order valence-corrected chi connectivity index (χ3v) is 7.30. The van der Waals surface area contributed by atoms with Crippen LogP contribution in [-0.2, 0) is 11.3 Å². The minimum atomic E-state index is -0.00569. The molecule has 188 valence electrons. The summed E-state index contributed by atoms with van der Waals surface area (Å²) in [5.74, 6) is 0.818. The van der Waals surface area contributed by atoms with Crippen LogP contribution >= 0.6 is 0 Å². The van der Waals surface area contributed by atoms with Gasteiger partial charge in [0, 0.05) is 35.6 Å². The molecule has 5 rings (SSSR count). The van der Waals surface area contributed by atoms with Gasteiger partial charge in [-0.15, -0.1) is 0 Å². The predicted molar refractivity (Wildman–Crippen MR) is 151 cm³/mol. The summed E-state index contributed by atoms with van der Waals surface area (Å²) in [4.78, 5) is 13.7. The minimum Gasteiger partial charge on any atom is -0.506 e. The Morgan fingerprint density at radius 2 is 1.62 bits per heavy atom. The molecule has 0 spiro atoms. The Balaban J connectivity index is 1.73. The lowest BCUT2D eigenvalue weighted by molar-refractivity contribution is -0.115. The number of carbonyl (C=O) groups excluding carboxylic acids is 1. The molecule has 0 unspecified atom stereocenters. The van der Waals surface area contributed by atoms with Gasteiger partial charge in [0.05, 0.1) is 12.7 Å². The Bertz CT molecular complexity index is 1470. The molecule has 1 aliphatic carbocycles. The summed E-state index contributed by atoms with van der Waals surface area (Å²) in [6.07, 6.45) is 5.95. The number of allylic oxidation sites excluding steroid dienone is 3. The van der Waals surface area contributed by atoms with Crippen LogP contribution in [0.4, 0.5) is 0 Å². The van der Waals surface area contributed by atoms with Crippen molar-refractivity contribution in [3.63, 3.8) is 0 Å². The minimum absolute atomic E-state index is 0.00569. The van der Waals surface area contributed by atoms with Crippen LogP contribution in [0.25, 0.3) is 22.2 Å². The highest BCUT2D eigenvalue weighted by molar-refractivity contribution is 6.17. The first-order valence-corrected chi connectivity index (χ1v) is 13.1. The second-order valence-electron chi connectivity index (χ2n) is 9.59. The van der Waals surface area contributed by atoms with Crippen LogP contribution in [0, 0.1) is 0 Å². The molecule has 4 aromatic rings. The number of ether oxygens (including phenoxy) is 1. The number of aliphatic hydroxyl groups is 1. The molecule has 1 aliphatic rings. The van der Waals surface area contributed by atoms with Gasteiger partial charge in [-0.2, -0.15) is 0 Å². The number of methoxy groups -OCH3 is 1. The number of nitrogens with zero attached hydrogens (tertiary/aromatic N) is 1. The highest BCUT2D eigenvalue weighted by atomic mass is 16.5. The van der Waals surface area contributed by atoms with Gasteiger partial charge in [-0.25, -0.2) is 0 Å². The van der Waals surface area contributed by atoms with Gasteiger partial charge in [0.2, 0.25) is 0 Å². The topological polar surface area (TPSA) is 51.5 Å². The Morgan fingerprint density at radius 1 is 0.919 bits per heavy atom. The molecule has 0 radical (unpaired) electrons. The van der Waals surface area contributed by atoms with Crippen LogP contribution in [0.1, 0.15) is 55.7 Å². The van der Waals surface area contributed by atoms with E-state index < -0.39 is 0 Å². The molecule has 0 amide bonds. The van der Waals surface area contributed by atoms with Crippen LogP contribution in [0.5, 0.6) is 5.75 Å². The van der Waals surface area contributed by atoms with Crippen molar-refractivity contribution in [2.45, 2.75) is 45.6 Å². The van der Waals surface area contributed by atoms with E-state index in [1.54, 1.807) is 7.11 Å². The number of benzene rings is 3. The van der Waals surface area contributed by atoms with Crippen LogP contribution in [0.3, 0.4) is 0 Å². The van der Waals surface area contributed by atoms with Crippen LogP contribution < -0.4 is 4.74 Å². The first kappa shape index (κ1) is 24.6. The fraction of sp³-hybridized carbons (Fsp3) is 0.242. The molecule has 4 nitrogen and oxygen atoms in total. The van der Waals surface area contributed by atoms with E-state index in [4.69, 9.17) is 4.74 Å². The zero-order valence-electron chi connectivity index (χ0n) is 21.5. The van der Waals surface area contributed by atoms with E-state index in [1.165, 1.54) is 11.1 Å². The van der Waals surface area contributed by atoms with Crippen molar-refractivity contribution >= 4 is 28.0 Å². The molecular formula is C33H33NO3. The summed E-state index contributed by atoms with van der Waals surface area (Å²) in [7, 11) is 1.65. The quantitative estimate of drug-likeness (QED) is 0.220. The fourth-order valence-electron chi connectivity index (χ4n) is 5.38.